The fourth-order valence-electron chi connectivity index (χ4n) is 3.41. The number of primary amides is 1. The summed E-state index contributed by atoms with van der Waals surface area (Å²) in [6.07, 6.45) is 3.55. The average Bonchev–Trinajstić information content (AvgIpc) is 2.81. The van der Waals surface area contributed by atoms with E-state index < -0.39 is 60.2 Å². The molecule has 208 valence electrons. The van der Waals surface area contributed by atoms with E-state index in [2.05, 4.69) is 16.0 Å². The number of rotatable bonds is 21. The zero-order valence-electron chi connectivity index (χ0n) is 20.9. The highest BCUT2D eigenvalue weighted by Crippen LogP contribution is 2.08. The van der Waals surface area contributed by atoms with Crippen LogP contribution in [0.3, 0.4) is 0 Å². The standard InChI is InChI=1S/C22H44N8O6/c23-10-4-1-7-15(28-19(32)14(26)13-18(27)31)20(33)29-16(8-2-5-11-24)21(34)30-17(22(35)36)9-3-6-12-25/h14-17H,1-13,23-26H2,(H2,27,31)(H,28,32)(H,29,33)(H,30,34)(H,35,36). The molecule has 0 aliphatic carbocycles. The van der Waals surface area contributed by atoms with E-state index in [0.29, 0.717) is 58.2 Å². The predicted octanol–water partition coefficient (Wildman–Crippen LogP) is -2.88. The quantitative estimate of drug-likeness (QED) is 0.0702. The van der Waals surface area contributed by atoms with Gasteiger partial charge < -0.3 is 49.7 Å². The molecule has 4 unspecified atom stereocenters. The van der Waals surface area contributed by atoms with Gasteiger partial charge in [-0.1, -0.05) is 0 Å². The number of carboxylic acid groups (broad SMARTS) is 1. The van der Waals surface area contributed by atoms with Crippen LogP contribution in [0.1, 0.15) is 64.2 Å². The number of carbonyl (C=O) groups excluding carboxylic acids is 4. The van der Waals surface area contributed by atoms with Gasteiger partial charge in [0.2, 0.25) is 23.6 Å². The maximum absolute atomic E-state index is 13.1. The van der Waals surface area contributed by atoms with Gasteiger partial charge in [-0.25, -0.2) is 4.79 Å². The number of hydrogen-bond acceptors (Lipinski definition) is 9. The lowest BCUT2D eigenvalue weighted by molar-refractivity contribution is -0.142. The van der Waals surface area contributed by atoms with Crippen molar-refractivity contribution in [2.45, 2.75) is 88.4 Å². The Morgan fingerprint density at radius 1 is 0.611 bits per heavy atom. The third-order valence-corrected chi connectivity index (χ3v) is 5.48. The van der Waals surface area contributed by atoms with Crippen LogP contribution in [0, 0.1) is 0 Å². The molecule has 0 saturated carbocycles. The second-order valence-corrected chi connectivity index (χ2v) is 8.65. The van der Waals surface area contributed by atoms with Gasteiger partial charge in [-0.2, -0.15) is 0 Å². The normalized spacial score (nSPS) is 14.2. The molecule has 0 aromatic carbocycles. The molecule has 0 heterocycles. The van der Waals surface area contributed by atoms with E-state index in [9.17, 15) is 29.1 Å². The van der Waals surface area contributed by atoms with Gasteiger partial charge in [0, 0.05) is 0 Å². The van der Waals surface area contributed by atoms with Crippen molar-refractivity contribution in [1.82, 2.24) is 16.0 Å². The number of nitrogens with two attached hydrogens (primary N) is 5. The molecular weight excluding hydrogens is 472 g/mol. The Bertz CT molecular complexity index is 708. The molecule has 0 bridgehead atoms. The summed E-state index contributed by atoms with van der Waals surface area (Å²) >= 11 is 0. The molecule has 14 nitrogen and oxygen atoms in total. The van der Waals surface area contributed by atoms with Gasteiger partial charge in [-0.3, -0.25) is 19.2 Å². The molecule has 0 aliphatic rings. The van der Waals surface area contributed by atoms with Gasteiger partial charge in [-0.05, 0) is 77.4 Å². The van der Waals surface area contributed by atoms with Gasteiger partial charge in [0.05, 0.1) is 12.5 Å². The summed E-state index contributed by atoms with van der Waals surface area (Å²) in [6.45, 7) is 1.17. The lowest BCUT2D eigenvalue weighted by atomic mass is 10.0. The minimum absolute atomic E-state index is 0.192. The number of nitrogens with one attached hydrogen (secondary N) is 3. The Hall–Kier alpha value is -2.81. The van der Waals surface area contributed by atoms with Crippen molar-refractivity contribution in [3.05, 3.63) is 0 Å². The minimum Gasteiger partial charge on any atom is -0.480 e. The van der Waals surface area contributed by atoms with Crippen LogP contribution in [0.4, 0.5) is 0 Å². The second kappa shape index (κ2) is 19.4. The Balaban J connectivity index is 5.49. The SMILES string of the molecule is NCCCCC(NC(=O)C(CCCCN)NC(=O)C(CCCCN)NC(=O)C(N)CC(N)=O)C(=O)O. The first kappa shape index (κ1) is 33.2. The maximum Gasteiger partial charge on any atom is 0.326 e. The number of unbranched alkanes of at least 4 members (excludes halogenated alkanes) is 3. The average molecular weight is 517 g/mol. The van der Waals surface area contributed by atoms with Crippen LogP contribution in [0.5, 0.6) is 0 Å². The van der Waals surface area contributed by atoms with Gasteiger partial charge >= 0.3 is 5.97 Å². The zero-order valence-corrected chi connectivity index (χ0v) is 20.9. The third kappa shape index (κ3) is 14.6. The van der Waals surface area contributed by atoms with Crippen molar-refractivity contribution < 1.29 is 29.1 Å². The van der Waals surface area contributed by atoms with Crippen LogP contribution in [0.2, 0.25) is 0 Å². The van der Waals surface area contributed by atoms with Crippen LogP contribution in [0.15, 0.2) is 0 Å². The summed E-state index contributed by atoms with van der Waals surface area (Å²) in [6, 6.07) is -4.47. The van der Waals surface area contributed by atoms with Crippen molar-refractivity contribution in [3.8, 4) is 0 Å². The van der Waals surface area contributed by atoms with Crippen LogP contribution < -0.4 is 44.6 Å². The lowest BCUT2D eigenvalue weighted by Gasteiger charge is -2.25. The lowest BCUT2D eigenvalue weighted by Crippen LogP contribution is -2.57. The molecule has 4 atom stereocenters. The van der Waals surface area contributed by atoms with Crippen molar-refractivity contribution in [2.75, 3.05) is 19.6 Å². The highest BCUT2D eigenvalue weighted by Gasteiger charge is 2.30. The van der Waals surface area contributed by atoms with Crippen molar-refractivity contribution >= 4 is 29.6 Å². The molecule has 0 radical (unpaired) electrons. The van der Waals surface area contributed by atoms with Gasteiger partial charge in [-0.15, -0.1) is 0 Å². The first-order valence-electron chi connectivity index (χ1n) is 12.3. The molecule has 14 heteroatoms. The largest absolute Gasteiger partial charge is 0.480 e. The second-order valence-electron chi connectivity index (χ2n) is 8.65. The zero-order chi connectivity index (χ0) is 27.5. The Morgan fingerprint density at radius 3 is 1.33 bits per heavy atom. The first-order valence-corrected chi connectivity index (χ1v) is 12.3. The third-order valence-electron chi connectivity index (χ3n) is 5.48. The molecule has 0 aromatic heterocycles. The molecule has 0 spiro atoms. The molecule has 0 fully saturated rings. The summed E-state index contributed by atoms with van der Waals surface area (Å²) in [5, 5.41) is 17.1. The van der Waals surface area contributed by atoms with E-state index in [0.717, 1.165) is 0 Å². The molecule has 0 rings (SSSR count). The van der Waals surface area contributed by atoms with Crippen LogP contribution in [0.25, 0.3) is 0 Å². The summed E-state index contributed by atoms with van der Waals surface area (Å²) in [4.78, 5) is 61.1. The Kier molecular flexibility index (Phi) is 17.9. The predicted molar refractivity (Wildman–Crippen MR) is 134 cm³/mol. The molecule has 36 heavy (non-hydrogen) atoms. The fraction of sp³-hybridized carbons (Fsp3) is 0.773. The molecular formula is C22H44N8O6. The molecule has 0 aliphatic heterocycles. The van der Waals surface area contributed by atoms with Gasteiger partial charge in [0.15, 0.2) is 0 Å². The number of hydrogen-bond donors (Lipinski definition) is 9. The first-order chi connectivity index (χ1) is 17.1. The minimum atomic E-state index is -1.24. The summed E-state index contributed by atoms with van der Waals surface area (Å²) in [5.74, 6) is -4.00. The number of carboxylic acids is 1. The van der Waals surface area contributed by atoms with Crippen LogP contribution >= 0.6 is 0 Å². The van der Waals surface area contributed by atoms with Crippen LogP contribution in [-0.4, -0.2) is 78.5 Å². The monoisotopic (exact) mass is 516 g/mol. The topological polar surface area (TPSA) is 272 Å². The summed E-state index contributed by atoms with van der Waals surface area (Å²) in [7, 11) is 0. The Labute approximate surface area is 211 Å². The highest BCUT2D eigenvalue weighted by atomic mass is 16.4. The van der Waals surface area contributed by atoms with Crippen molar-refractivity contribution in [2.24, 2.45) is 28.7 Å². The number of aliphatic carboxylic acids is 1. The van der Waals surface area contributed by atoms with E-state index in [4.69, 9.17) is 28.7 Å². The molecule has 4 amide bonds. The fourth-order valence-corrected chi connectivity index (χ4v) is 3.41. The smallest absolute Gasteiger partial charge is 0.326 e. The van der Waals surface area contributed by atoms with E-state index in [1.54, 1.807) is 0 Å². The van der Waals surface area contributed by atoms with Crippen molar-refractivity contribution in [1.29, 1.82) is 0 Å². The van der Waals surface area contributed by atoms with Crippen molar-refractivity contribution in [3.63, 3.8) is 0 Å². The Morgan fingerprint density at radius 2 is 0.972 bits per heavy atom. The summed E-state index contributed by atoms with van der Waals surface area (Å²) in [5.41, 5.74) is 27.3. The molecule has 0 aromatic rings. The van der Waals surface area contributed by atoms with E-state index in [-0.39, 0.29) is 19.3 Å². The maximum atomic E-state index is 13.1. The molecule has 0 saturated heterocycles. The van der Waals surface area contributed by atoms with Gasteiger partial charge in [0.25, 0.3) is 0 Å². The van der Waals surface area contributed by atoms with E-state index in [1.807, 2.05) is 0 Å². The van der Waals surface area contributed by atoms with Gasteiger partial charge in [0.1, 0.15) is 18.1 Å². The highest BCUT2D eigenvalue weighted by molar-refractivity contribution is 5.95. The number of amides is 4. The van der Waals surface area contributed by atoms with E-state index in [1.165, 1.54) is 0 Å². The van der Waals surface area contributed by atoms with Crippen LogP contribution in [-0.2, 0) is 24.0 Å². The van der Waals surface area contributed by atoms with E-state index >= 15 is 0 Å². The molecule has 14 N–H and O–H groups in total. The number of carbonyl (C=O) groups is 5. The summed E-state index contributed by atoms with van der Waals surface area (Å²) < 4.78 is 0.